The third-order valence-corrected chi connectivity index (χ3v) is 5.14. The number of carbonyl (C=O) groups is 1. The van der Waals surface area contributed by atoms with Crippen molar-refractivity contribution in [3.05, 3.63) is 0 Å². The molecule has 0 unspecified atom stereocenters. The highest BCUT2D eigenvalue weighted by Crippen LogP contribution is 2.34. The zero-order valence-electron chi connectivity index (χ0n) is 13.9. The van der Waals surface area contributed by atoms with Gasteiger partial charge in [-0.2, -0.15) is 0 Å². The van der Waals surface area contributed by atoms with Gasteiger partial charge in [-0.25, -0.2) is 0 Å². The zero-order valence-corrected chi connectivity index (χ0v) is 13.9. The maximum absolute atomic E-state index is 12.7. The van der Waals surface area contributed by atoms with E-state index in [1.54, 1.807) is 0 Å². The molecule has 1 fully saturated rings. The Hall–Kier alpha value is -0.570. The van der Waals surface area contributed by atoms with E-state index < -0.39 is 0 Å². The van der Waals surface area contributed by atoms with E-state index in [0.717, 1.165) is 32.2 Å². The van der Waals surface area contributed by atoms with Gasteiger partial charge in [-0.15, -0.1) is 0 Å². The zero-order chi connectivity index (χ0) is 15.2. The third-order valence-electron chi connectivity index (χ3n) is 5.14. The molecule has 0 aromatic rings. The molecule has 1 aliphatic rings. The summed E-state index contributed by atoms with van der Waals surface area (Å²) in [5, 5.41) is 3.22. The summed E-state index contributed by atoms with van der Waals surface area (Å²) in [5.74, 6) is 1.93. The monoisotopic (exact) mass is 282 g/mol. The van der Waals surface area contributed by atoms with E-state index in [2.05, 4.69) is 33.0 Å². The van der Waals surface area contributed by atoms with E-state index in [1.165, 1.54) is 12.8 Å². The van der Waals surface area contributed by atoms with Gasteiger partial charge in [0.15, 0.2) is 0 Å². The Kier molecular flexibility index (Phi) is 7.01. The Labute approximate surface area is 125 Å². The number of nitrogens with two attached hydrogens (primary N) is 1. The molecule has 0 bridgehead atoms. The fraction of sp³-hybridized carbons (Fsp3) is 0.941. The van der Waals surface area contributed by atoms with Gasteiger partial charge in [0.25, 0.3) is 0 Å². The summed E-state index contributed by atoms with van der Waals surface area (Å²) >= 11 is 0. The standard InChI is InChI=1S/C17H34N2O/c1-13(2)15(14(3)4)11-19-16(20)17(12-18)9-7-5-6-8-10-17/h13-15H,5-12,18H2,1-4H3,(H,19,20). The fourth-order valence-corrected chi connectivity index (χ4v) is 3.57. The number of nitrogens with one attached hydrogen (secondary N) is 1. The number of hydrogen-bond acceptors (Lipinski definition) is 2. The third kappa shape index (κ3) is 4.47. The van der Waals surface area contributed by atoms with E-state index >= 15 is 0 Å². The lowest BCUT2D eigenvalue weighted by molar-refractivity contribution is -0.131. The lowest BCUT2D eigenvalue weighted by Crippen LogP contribution is -2.47. The van der Waals surface area contributed by atoms with Crippen molar-refractivity contribution in [2.45, 2.75) is 66.2 Å². The Balaban J connectivity index is 2.62. The van der Waals surface area contributed by atoms with Crippen molar-refractivity contribution in [1.29, 1.82) is 0 Å². The highest BCUT2D eigenvalue weighted by molar-refractivity contribution is 5.82. The minimum Gasteiger partial charge on any atom is -0.355 e. The Morgan fingerprint density at radius 2 is 1.55 bits per heavy atom. The molecule has 20 heavy (non-hydrogen) atoms. The van der Waals surface area contributed by atoms with Crippen molar-refractivity contribution in [3.8, 4) is 0 Å². The van der Waals surface area contributed by atoms with Crippen LogP contribution in [0.25, 0.3) is 0 Å². The molecule has 1 rings (SSSR count). The van der Waals surface area contributed by atoms with Gasteiger partial charge in [0, 0.05) is 13.1 Å². The molecule has 1 aliphatic carbocycles. The van der Waals surface area contributed by atoms with Gasteiger partial charge in [-0.1, -0.05) is 53.4 Å². The van der Waals surface area contributed by atoms with Crippen LogP contribution in [0.1, 0.15) is 66.2 Å². The second-order valence-electron chi connectivity index (χ2n) is 7.26. The van der Waals surface area contributed by atoms with Crippen LogP contribution in [0.15, 0.2) is 0 Å². The predicted octanol–water partition coefficient (Wildman–Crippen LogP) is 3.33. The first kappa shape index (κ1) is 17.5. The van der Waals surface area contributed by atoms with Gasteiger partial charge in [0.05, 0.1) is 5.41 Å². The molecule has 3 nitrogen and oxygen atoms in total. The van der Waals surface area contributed by atoms with Crippen LogP contribution in [0, 0.1) is 23.2 Å². The van der Waals surface area contributed by atoms with Crippen molar-refractivity contribution in [2.24, 2.45) is 28.9 Å². The van der Waals surface area contributed by atoms with Gasteiger partial charge < -0.3 is 11.1 Å². The molecule has 0 atom stereocenters. The van der Waals surface area contributed by atoms with Gasteiger partial charge >= 0.3 is 0 Å². The van der Waals surface area contributed by atoms with Crippen molar-refractivity contribution in [1.82, 2.24) is 5.32 Å². The summed E-state index contributed by atoms with van der Waals surface area (Å²) < 4.78 is 0. The predicted molar refractivity (Wildman–Crippen MR) is 85.4 cm³/mol. The van der Waals surface area contributed by atoms with E-state index in [1.807, 2.05) is 0 Å². The Morgan fingerprint density at radius 3 is 1.95 bits per heavy atom. The SMILES string of the molecule is CC(C)C(CNC(=O)C1(CN)CCCCCC1)C(C)C. The highest BCUT2D eigenvalue weighted by atomic mass is 16.2. The molecule has 0 aliphatic heterocycles. The van der Waals surface area contributed by atoms with Gasteiger partial charge in [0.2, 0.25) is 5.91 Å². The van der Waals surface area contributed by atoms with Crippen LogP contribution in [0.2, 0.25) is 0 Å². The molecule has 3 N–H and O–H groups in total. The van der Waals surface area contributed by atoms with E-state index in [4.69, 9.17) is 5.73 Å². The topological polar surface area (TPSA) is 55.1 Å². The molecule has 0 heterocycles. The second-order valence-corrected chi connectivity index (χ2v) is 7.26. The normalized spacial score (nSPS) is 19.4. The molecule has 1 saturated carbocycles. The molecule has 0 aromatic carbocycles. The van der Waals surface area contributed by atoms with Gasteiger partial charge in [-0.3, -0.25) is 4.79 Å². The first-order valence-electron chi connectivity index (χ1n) is 8.41. The molecule has 0 saturated heterocycles. The van der Waals surface area contributed by atoms with Crippen LogP contribution in [-0.2, 0) is 4.79 Å². The Bertz CT molecular complexity index is 283. The lowest BCUT2D eigenvalue weighted by Gasteiger charge is -2.32. The molecular formula is C17H34N2O. The number of carbonyl (C=O) groups excluding carboxylic acids is 1. The first-order valence-corrected chi connectivity index (χ1v) is 8.41. The fourth-order valence-electron chi connectivity index (χ4n) is 3.57. The number of hydrogen-bond donors (Lipinski definition) is 2. The highest BCUT2D eigenvalue weighted by Gasteiger charge is 2.37. The largest absolute Gasteiger partial charge is 0.355 e. The smallest absolute Gasteiger partial charge is 0.227 e. The second kappa shape index (κ2) is 8.02. The minimum absolute atomic E-state index is 0.202. The quantitative estimate of drug-likeness (QED) is 0.734. The van der Waals surface area contributed by atoms with E-state index in [-0.39, 0.29) is 11.3 Å². The summed E-state index contributed by atoms with van der Waals surface area (Å²) in [6.07, 6.45) is 6.70. The number of rotatable bonds is 6. The van der Waals surface area contributed by atoms with Crippen LogP contribution in [0.5, 0.6) is 0 Å². The summed E-state index contributed by atoms with van der Waals surface area (Å²) in [4.78, 5) is 12.7. The average molecular weight is 282 g/mol. The van der Waals surface area contributed by atoms with Gasteiger partial charge in [-0.05, 0) is 30.6 Å². The molecule has 0 radical (unpaired) electrons. The summed E-state index contributed by atoms with van der Waals surface area (Å²) in [7, 11) is 0. The molecule has 118 valence electrons. The lowest BCUT2D eigenvalue weighted by atomic mass is 9.79. The van der Waals surface area contributed by atoms with Crippen molar-refractivity contribution >= 4 is 5.91 Å². The van der Waals surface area contributed by atoms with Gasteiger partial charge in [0.1, 0.15) is 0 Å². The maximum atomic E-state index is 12.7. The van der Waals surface area contributed by atoms with E-state index in [0.29, 0.717) is 24.3 Å². The van der Waals surface area contributed by atoms with Crippen molar-refractivity contribution < 1.29 is 4.79 Å². The average Bonchev–Trinajstić information content (AvgIpc) is 2.64. The summed E-state index contributed by atoms with van der Waals surface area (Å²) in [6.45, 7) is 10.2. The summed E-state index contributed by atoms with van der Waals surface area (Å²) in [6, 6.07) is 0. The molecule has 3 heteroatoms. The van der Waals surface area contributed by atoms with Crippen LogP contribution in [0.3, 0.4) is 0 Å². The maximum Gasteiger partial charge on any atom is 0.227 e. The van der Waals surface area contributed by atoms with Crippen molar-refractivity contribution in [3.63, 3.8) is 0 Å². The van der Waals surface area contributed by atoms with Crippen LogP contribution >= 0.6 is 0 Å². The van der Waals surface area contributed by atoms with Crippen LogP contribution < -0.4 is 11.1 Å². The summed E-state index contributed by atoms with van der Waals surface area (Å²) in [5.41, 5.74) is 5.68. The molecule has 1 amide bonds. The van der Waals surface area contributed by atoms with Crippen LogP contribution in [-0.4, -0.2) is 19.0 Å². The molecular weight excluding hydrogens is 248 g/mol. The molecule has 0 spiro atoms. The number of amides is 1. The van der Waals surface area contributed by atoms with Crippen molar-refractivity contribution in [2.75, 3.05) is 13.1 Å². The first-order chi connectivity index (χ1) is 9.43. The molecule has 0 aromatic heterocycles. The Morgan fingerprint density at radius 1 is 1.05 bits per heavy atom. The van der Waals surface area contributed by atoms with Crippen LogP contribution in [0.4, 0.5) is 0 Å². The minimum atomic E-state index is -0.297. The van der Waals surface area contributed by atoms with E-state index in [9.17, 15) is 4.79 Å².